The van der Waals surface area contributed by atoms with Gasteiger partial charge in [-0.1, -0.05) is 20.8 Å². The molecule has 14 heavy (non-hydrogen) atoms. The molecule has 0 spiro atoms. The van der Waals surface area contributed by atoms with Gasteiger partial charge in [-0.15, -0.1) is 0 Å². The fourth-order valence-corrected chi connectivity index (χ4v) is 2.43. The van der Waals surface area contributed by atoms with Crippen molar-refractivity contribution in [1.29, 1.82) is 0 Å². The molecule has 0 saturated carbocycles. The van der Waals surface area contributed by atoms with Crippen molar-refractivity contribution in [1.82, 2.24) is 5.32 Å². The first-order chi connectivity index (χ1) is 6.49. The molecule has 0 amide bonds. The van der Waals surface area contributed by atoms with Crippen molar-refractivity contribution < 1.29 is 4.74 Å². The highest BCUT2D eigenvalue weighted by molar-refractivity contribution is 8.00. The molecule has 1 rings (SSSR count). The van der Waals surface area contributed by atoms with E-state index in [1.165, 1.54) is 12.2 Å². The van der Waals surface area contributed by atoms with E-state index < -0.39 is 0 Å². The zero-order valence-corrected chi connectivity index (χ0v) is 10.6. The molecule has 2 atom stereocenters. The van der Waals surface area contributed by atoms with Crippen LogP contribution in [-0.2, 0) is 4.74 Å². The summed E-state index contributed by atoms with van der Waals surface area (Å²) < 4.78 is 5.88. The van der Waals surface area contributed by atoms with Crippen LogP contribution in [0.5, 0.6) is 0 Å². The molecule has 0 aliphatic carbocycles. The van der Waals surface area contributed by atoms with Gasteiger partial charge in [0, 0.05) is 29.7 Å². The van der Waals surface area contributed by atoms with Gasteiger partial charge in [0.2, 0.25) is 0 Å². The Kier molecular flexibility index (Phi) is 4.74. The highest BCUT2D eigenvalue weighted by atomic mass is 32.2. The summed E-state index contributed by atoms with van der Waals surface area (Å²) in [5, 5.41) is 3.56. The Hall–Kier alpha value is 0.270. The molecule has 1 aliphatic heterocycles. The van der Waals surface area contributed by atoms with Gasteiger partial charge in [-0.05, 0) is 13.3 Å². The van der Waals surface area contributed by atoms with E-state index in [0.717, 1.165) is 13.2 Å². The molecule has 2 nitrogen and oxygen atoms in total. The number of hydrogen-bond acceptors (Lipinski definition) is 3. The maximum absolute atomic E-state index is 5.49. The lowest BCUT2D eigenvalue weighted by molar-refractivity contribution is 0.113. The van der Waals surface area contributed by atoms with Gasteiger partial charge in [0.15, 0.2) is 0 Å². The third-order valence-corrected chi connectivity index (χ3v) is 3.69. The third-order valence-electron chi connectivity index (χ3n) is 2.42. The first-order valence-corrected chi connectivity index (χ1v) is 6.46. The van der Waals surface area contributed by atoms with Crippen LogP contribution in [0.3, 0.4) is 0 Å². The molecule has 0 bridgehead atoms. The van der Waals surface area contributed by atoms with Crippen LogP contribution in [0.2, 0.25) is 0 Å². The van der Waals surface area contributed by atoms with Gasteiger partial charge in [-0.3, -0.25) is 0 Å². The fourth-order valence-electron chi connectivity index (χ4n) is 1.60. The molecular weight excluding hydrogens is 194 g/mol. The number of rotatable bonds is 4. The number of hydrogen-bond donors (Lipinski definition) is 1. The topological polar surface area (TPSA) is 21.3 Å². The predicted octanol–water partition coefficient (Wildman–Crippen LogP) is 2.29. The van der Waals surface area contributed by atoms with Gasteiger partial charge in [0.05, 0.1) is 6.10 Å². The maximum atomic E-state index is 5.49. The molecule has 1 N–H and O–H groups in total. The minimum Gasteiger partial charge on any atom is -0.377 e. The highest BCUT2D eigenvalue weighted by Gasteiger charge is 2.23. The standard InChI is InChI=1S/C11H23NOS/c1-9-10(5-7-13-9)12-6-8-14-11(2,3)4/h9-10,12H,5-8H2,1-4H3/t9-,10-/m1/s1. The van der Waals surface area contributed by atoms with Crippen molar-refractivity contribution in [3.05, 3.63) is 0 Å². The maximum Gasteiger partial charge on any atom is 0.0700 e. The Morgan fingerprint density at radius 2 is 2.14 bits per heavy atom. The van der Waals surface area contributed by atoms with E-state index in [2.05, 4.69) is 33.0 Å². The third kappa shape index (κ3) is 4.67. The van der Waals surface area contributed by atoms with Gasteiger partial charge >= 0.3 is 0 Å². The van der Waals surface area contributed by atoms with E-state index in [4.69, 9.17) is 4.74 Å². The molecule has 84 valence electrons. The van der Waals surface area contributed by atoms with E-state index >= 15 is 0 Å². The monoisotopic (exact) mass is 217 g/mol. The van der Waals surface area contributed by atoms with Crippen molar-refractivity contribution in [3.8, 4) is 0 Å². The van der Waals surface area contributed by atoms with Crippen LogP contribution >= 0.6 is 11.8 Å². The Balaban J connectivity index is 2.04. The van der Waals surface area contributed by atoms with Crippen LogP contribution in [0.25, 0.3) is 0 Å². The summed E-state index contributed by atoms with van der Waals surface area (Å²) in [6.07, 6.45) is 1.57. The van der Waals surface area contributed by atoms with Crippen LogP contribution in [0.15, 0.2) is 0 Å². The second-order valence-electron chi connectivity index (χ2n) is 4.89. The summed E-state index contributed by atoms with van der Waals surface area (Å²) in [6.45, 7) is 11.0. The van der Waals surface area contributed by atoms with Crippen LogP contribution in [-0.4, -0.2) is 35.8 Å². The minimum atomic E-state index is 0.388. The first kappa shape index (κ1) is 12.3. The van der Waals surface area contributed by atoms with E-state index in [1.807, 2.05) is 11.8 Å². The summed E-state index contributed by atoms with van der Waals surface area (Å²) in [6, 6.07) is 0.579. The Morgan fingerprint density at radius 3 is 2.64 bits per heavy atom. The number of nitrogens with one attached hydrogen (secondary N) is 1. The lowest BCUT2D eigenvalue weighted by Crippen LogP contribution is -2.36. The molecule has 0 aromatic heterocycles. The smallest absolute Gasteiger partial charge is 0.0700 e. The first-order valence-electron chi connectivity index (χ1n) is 5.48. The summed E-state index contributed by atoms with van der Waals surface area (Å²) >= 11 is 2.01. The molecule has 0 aromatic carbocycles. The van der Waals surface area contributed by atoms with E-state index in [1.54, 1.807) is 0 Å². The van der Waals surface area contributed by atoms with E-state index in [-0.39, 0.29) is 0 Å². The number of thioether (sulfide) groups is 1. The Labute approximate surface area is 92.2 Å². The summed E-state index contributed by atoms with van der Waals surface area (Å²) in [4.78, 5) is 0. The van der Waals surface area contributed by atoms with Crippen LogP contribution in [0.4, 0.5) is 0 Å². The summed E-state index contributed by atoms with van der Waals surface area (Å²) in [7, 11) is 0. The number of ether oxygens (including phenoxy) is 1. The molecule has 0 unspecified atom stereocenters. The lowest BCUT2D eigenvalue weighted by Gasteiger charge is -2.20. The summed E-state index contributed by atoms with van der Waals surface area (Å²) in [5.41, 5.74) is 0. The van der Waals surface area contributed by atoms with Gasteiger partial charge in [0.25, 0.3) is 0 Å². The van der Waals surface area contributed by atoms with Crippen LogP contribution in [0.1, 0.15) is 34.1 Å². The molecular formula is C11H23NOS. The SMILES string of the molecule is C[C@H]1OCC[C@H]1NCCSC(C)(C)C. The van der Waals surface area contributed by atoms with E-state index in [0.29, 0.717) is 16.9 Å². The molecule has 0 radical (unpaired) electrons. The van der Waals surface area contributed by atoms with Gasteiger partial charge < -0.3 is 10.1 Å². The molecule has 3 heteroatoms. The molecule has 1 fully saturated rings. The minimum absolute atomic E-state index is 0.388. The van der Waals surface area contributed by atoms with Crippen molar-refractivity contribution >= 4 is 11.8 Å². The van der Waals surface area contributed by atoms with E-state index in [9.17, 15) is 0 Å². The van der Waals surface area contributed by atoms with Gasteiger partial charge in [0.1, 0.15) is 0 Å². The van der Waals surface area contributed by atoms with Crippen molar-refractivity contribution in [2.24, 2.45) is 0 Å². The van der Waals surface area contributed by atoms with Gasteiger partial charge in [-0.25, -0.2) is 0 Å². The average Bonchev–Trinajstić information content (AvgIpc) is 2.44. The molecule has 1 heterocycles. The second-order valence-corrected chi connectivity index (χ2v) is 6.81. The normalized spacial score (nSPS) is 28.3. The van der Waals surface area contributed by atoms with Crippen LogP contribution in [0, 0.1) is 0 Å². The zero-order valence-electron chi connectivity index (χ0n) is 9.80. The Morgan fingerprint density at radius 1 is 1.43 bits per heavy atom. The zero-order chi connectivity index (χ0) is 10.6. The largest absolute Gasteiger partial charge is 0.377 e. The molecule has 0 aromatic rings. The molecule has 1 aliphatic rings. The fraction of sp³-hybridized carbons (Fsp3) is 1.00. The quantitative estimate of drug-likeness (QED) is 0.730. The van der Waals surface area contributed by atoms with Crippen molar-refractivity contribution in [2.45, 2.75) is 51.0 Å². The van der Waals surface area contributed by atoms with Crippen LogP contribution < -0.4 is 5.32 Å². The van der Waals surface area contributed by atoms with Gasteiger partial charge in [-0.2, -0.15) is 11.8 Å². The Bertz CT molecular complexity index is 167. The average molecular weight is 217 g/mol. The summed E-state index contributed by atoms with van der Waals surface area (Å²) in [5.74, 6) is 1.19. The second kappa shape index (κ2) is 5.38. The highest BCUT2D eigenvalue weighted by Crippen LogP contribution is 2.22. The lowest BCUT2D eigenvalue weighted by atomic mass is 10.2. The van der Waals surface area contributed by atoms with Crippen molar-refractivity contribution in [2.75, 3.05) is 18.9 Å². The molecule has 1 saturated heterocycles. The van der Waals surface area contributed by atoms with Crippen molar-refractivity contribution in [3.63, 3.8) is 0 Å². The predicted molar refractivity (Wildman–Crippen MR) is 64.0 cm³/mol.